The first-order chi connectivity index (χ1) is 7.97. The molecule has 0 saturated carbocycles. The van der Waals surface area contributed by atoms with E-state index >= 15 is 0 Å². The van der Waals surface area contributed by atoms with Gasteiger partial charge in [0.15, 0.2) is 0 Å². The summed E-state index contributed by atoms with van der Waals surface area (Å²) in [6, 6.07) is 1.39. The Morgan fingerprint density at radius 2 is 2.06 bits per heavy atom. The van der Waals surface area contributed by atoms with Crippen molar-refractivity contribution in [1.29, 1.82) is 0 Å². The summed E-state index contributed by atoms with van der Waals surface area (Å²) in [4.78, 5) is 0.150. The van der Waals surface area contributed by atoms with Crippen molar-refractivity contribution in [3.8, 4) is 0 Å². The Kier molecular flexibility index (Phi) is 4.73. The summed E-state index contributed by atoms with van der Waals surface area (Å²) >= 11 is 0. The molecule has 0 aliphatic rings. The standard InChI is InChI=1S/C11H19NO4S/c1-4-6-12(5-2)17(14,15)11-7-10(8-13)16-9(11)3/h7,13H,4-6,8H2,1-3H3. The van der Waals surface area contributed by atoms with Crippen molar-refractivity contribution in [2.75, 3.05) is 13.1 Å². The largest absolute Gasteiger partial charge is 0.462 e. The van der Waals surface area contributed by atoms with Crippen molar-refractivity contribution in [2.24, 2.45) is 0 Å². The molecule has 1 aromatic heterocycles. The number of rotatable bonds is 6. The Morgan fingerprint density at radius 1 is 1.41 bits per heavy atom. The fourth-order valence-electron chi connectivity index (χ4n) is 1.70. The molecule has 5 nitrogen and oxygen atoms in total. The van der Waals surface area contributed by atoms with E-state index in [0.717, 1.165) is 6.42 Å². The number of sulfonamides is 1. The van der Waals surface area contributed by atoms with Crippen LogP contribution in [0.4, 0.5) is 0 Å². The van der Waals surface area contributed by atoms with E-state index in [1.165, 1.54) is 10.4 Å². The van der Waals surface area contributed by atoms with E-state index in [1.807, 2.05) is 6.92 Å². The normalized spacial score (nSPS) is 12.3. The summed E-state index contributed by atoms with van der Waals surface area (Å²) in [5.41, 5.74) is 0. The van der Waals surface area contributed by atoms with Gasteiger partial charge in [-0.2, -0.15) is 4.31 Å². The molecule has 0 amide bonds. The topological polar surface area (TPSA) is 70.8 Å². The quantitative estimate of drug-likeness (QED) is 0.842. The van der Waals surface area contributed by atoms with Crippen LogP contribution in [0.3, 0.4) is 0 Å². The molecule has 0 aromatic carbocycles. The zero-order chi connectivity index (χ0) is 13.1. The van der Waals surface area contributed by atoms with Gasteiger partial charge in [-0.25, -0.2) is 8.42 Å². The van der Waals surface area contributed by atoms with E-state index < -0.39 is 10.0 Å². The van der Waals surface area contributed by atoms with Gasteiger partial charge >= 0.3 is 0 Å². The van der Waals surface area contributed by atoms with Gasteiger partial charge in [0.05, 0.1) is 0 Å². The van der Waals surface area contributed by atoms with E-state index in [0.29, 0.717) is 18.8 Å². The highest BCUT2D eigenvalue weighted by Crippen LogP contribution is 2.23. The minimum absolute atomic E-state index is 0.150. The van der Waals surface area contributed by atoms with Crippen molar-refractivity contribution < 1.29 is 17.9 Å². The van der Waals surface area contributed by atoms with Gasteiger partial charge in [0.25, 0.3) is 0 Å². The summed E-state index contributed by atoms with van der Waals surface area (Å²) in [7, 11) is -3.50. The number of hydrogen-bond donors (Lipinski definition) is 1. The molecular formula is C11H19NO4S. The maximum Gasteiger partial charge on any atom is 0.246 e. The molecule has 1 N–H and O–H groups in total. The van der Waals surface area contributed by atoms with Gasteiger partial charge in [0, 0.05) is 19.2 Å². The number of aryl methyl sites for hydroxylation is 1. The van der Waals surface area contributed by atoms with Crippen LogP contribution >= 0.6 is 0 Å². The molecule has 0 fully saturated rings. The number of aliphatic hydroxyl groups is 1. The molecule has 98 valence electrons. The van der Waals surface area contributed by atoms with Gasteiger partial charge in [-0.05, 0) is 13.3 Å². The highest BCUT2D eigenvalue weighted by Gasteiger charge is 2.26. The Bertz CT molecular complexity index is 464. The van der Waals surface area contributed by atoms with Crippen LogP contribution in [0.5, 0.6) is 0 Å². The van der Waals surface area contributed by atoms with Crippen molar-refractivity contribution in [2.45, 2.75) is 38.7 Å². The van der Waals surface area contributed by atoms with Crippen LogP contribution in [0.1, 0.15) is 31.8 Å². The first kappa shape index (κ1) is 14.2. The van der Waals surface area contributed by atoms with Gasteiger partial charge in [-0.3, -0.25) is 0 Å². The summed E-state index contributed by atoms with van der Waals surface area (Å²) in [5.74, 6) is 0.595. The molecule has 0 radical (unpaired) electrons. The maximum absolute atomic E-state index is 12.3. The van der Waals surface area contributed by atoms with Crippen LogP contribution in [0.15, 0.2) is 15.4 Å². The monoisotopic (exact) mass is 261 g/mol. The number of hydrogen-bond acceptors (Lipinski definition) is 4. The van der Waals surface area contributed by atoms with Gasteiger partial charge < -0.3 is 9.52 Å². The molecule has 0 unspecified atom stereocenters. The molecule has 6 heteroatoms. The van der Waals surface area contributed by atoms with Crippen LogP contribution in [0.2, 0.25) is 0 Å². The number of nitrogens with zero attached hydrogens (tertiary/aromatic N) is 1. The van der Waals surface area contributed by atoms with E-state index in [4.69, 9.17) is 9.52 Å². The third-order valence-corrected chi connectivity index (χ3v) is 4.60. The highest BCUT2D eigenvalue weighted by atomic mass is 32.2. The minimum Gasteiger partial charge on any atom is -0.462 e. The summed E-state index contributed by atoms with van der Waals surface area (Å²) in [6.45, 7) is 5.93. The van der Waals surface area contributed by atoms with Crippen LogP contribution in [-0.4, -0.2) is 30.9 Å². The first-order valence-corrected chi connectivity index (χ1v) is 7.11. The lowest BCUT2D eigenvalue weighted by Crippen LogP contribution is -2.31. The maximum atomic E-state index is 12.3. The molecule has 0 spiro atoms. The van der Waals surface area contributed by atoms with Crippen LogP contribution in [-0.2, 0) is 16.6 Å². The van der Waals surface area contributed by atoms with E-state index in [-0.39, 0.29) is 17.3 Å². The van der Waals surface area contributed by atoms with Crippen LogP contribution in [0.25, 0.3) is 0 Å². The lowest BCUT2D eigenvalue weighted by molar-refractivity contribution is 0.244. The Hall–Kier alpha value is -0.850. The second-order valence-electron chi connectivity index (χ2n) is 3.79. The molecule has 0 bridgehead atoms. The van der Waals surface area contributed by atoms with Crippen molar-refractivity contribution in [1.82, 2.24) is 4.31 Å². The van der Waals surface area contributed by atoms with Gasteiger partial charge in [0.1, 0.15) is 23.0 Å². The molecule has 1 heterocycles. The summed E-state index contributed by atoms with van der Waals surface area (Å²) in [6.07, 6.45) is 0.761. The summed E-state index contributed by atoms with van der Waals surface area (Å²) in [5, 5.41) is 8.94. The SMILES string of the molecule is CCCN(CC)S(=O)(=O)c1cc(CO)oc1C. The van der Waals surface area contributed by atoms with E-state index in [1.54, 1.807) is 13.8 Å². The Labute approximate surface area is 102 Å². The lowest BCUT2D eigenvalue weighted by atomic mass is 10.4. The van der Waals surface area contributed by atoms with E-state index in [9.17, 15) is 8.42 Å². The van der Waals surface area contributed by atoms with Gasteiger partial charge in [0.2, 0.25) is 10.0 Å². The predicted molar refractivity (Wildman–Crippen MR) is 64.1 cm³/mol. The Balaban J connectivity index is 3.15. The molecular weight excluding hydrogens is 242 g/mol. The lowest BCUT2D eigenvalue weighted by Gasteiger charge is -2.18. The average Bonchev–Trinajstić information content (AvgIpc) is 2.67. The molecule has 0 aliphatic carbocycles. The number of aliphatic hydroxyl groups excluding tert-OH is 1. The van der Waals surface area contributed by atoms with Gasteiger partial charge in [-0.15, -0.1) is 0 Å². The first-order valence-electron chi connectivity index (χ1n) is 5.67. The zero-order valence-electron chi connectivity index (χ0n) is 10.4. The molecule has 17 heavy (non-hydrogen) atoms. The predicted octanol–water partition coefficient (Wildman–Crippen LogP) is 1.50. The van der Waals surface area contributed by atoms with Crippen LogP contribution in [0, 0.1) is 6.92 Å². The highest BCUT2D eigenvalue weighted by molar-refractivity contribution is 7.89. The molecule has 0 saturated heterocycles. The van der Waals surface area contributed by atoms with Crippen LogP contribution < -0.4 is 0 Å². The van der Waals surface area contributed by atoms with E-state index in [2.05, 4.69) is 0 Å². The second-order valence-corrected chi connectivity index (χ2v) is 5.69. The molecule has 0 aliphatic heterocycles. The molecule has 1 aromatic rings. The fraction of sp³-hybridized carbons (Fsp3) is 0.636. The third-order valence-electron chi connectivity index (χ3n) is 2.52. The number of furan rings is 1. The van der Waals surface area contributed by atoms with Crippen molar-refractivity contribution in [3.63, 3.8) is 0 Å². The minimum atomic E-state index is -3.50. The third kappa shape index (κ3) is 2.88. The van der Waals surface area contributed by atoms with Gasteiger partial charge in [-0.1, -0.05) is 13.8 Å². The second kappa shape index (κ2) is 5.66. The summed E-state index contributed by atoms with van der Waals surface area (Å²) < 4.78 is 31.2. The smallest absolute Gasteiger partial charge is 0.246 e. The fourth-order valence-corrected chi connectivity index (χ4v) is 3.42. The van der Waals surface area contributed by atoms with Crippen molar-refractivity contribution in [3.05, 3.63) is 17.6 Å². The molecule has 1 rings (SSSR count). The zero-order valence-corrected chi connectivity index (χ0v) is 11.2. The average molecular weight is 261 g/mol. The molecule has 0 atom stereocenters. The Morgan fingerprint density at radius 3 is 2.47 bits per heavy atom. The van der Waals surface area contributed by atoms with Crippen molar-refractivity contribution >= 4 is 10.0 Å².